The highest BCUT2D eigenvalue weighted by Gasteiger charge is 2.16. The first-order valence-electron chi connectivity index (χ1n) is 15.7. The number of para-hydroxylation sites is 1. The Morgan fingerprint density at radius 1 is 0.298 bits per heavy atom. The molecule has 7 aromatic carbocycles. The Balaban J connectivity index is 1.27. The maximum atomic E-state index is 6.25. The van der Waals surface area contributed by atoms with E-state index < -0.39 is 0 Å². The summed E-state index contributed by atoms with van der Waals surface area (Å²) in [6.45, 7) is 0. The molecule has 0 aliphatic carbocycles. The zero-order valence-electron chi connectivity index (χ0n) is 25.3. The lowest BCUT2D eigenvalue weighted by Crippen LogP contribution is -2.00. The predicted molar refractivity (Wildman–Crippen MR) is 192 cm³/mol. The first-order valence-corrected chi connectivity index (χ1v) is 15.7. The zero-order valence-corrected chi connectivity index (χ0v) is 25.3. The molecular formula is C43H27N3O. The number of rotatable bonds is 5. The van der Waals surface area contributed by atoms with Gasteiger partial charge in [-0.25, -0.2) is 15.0 Å². The van der Waals surface area contributed by atoms with Crippen molar-refractivity contribution in [1.29, 1.82) is 0 Å². The van der Waals surface area contributed by atoms with Crippen molar-refractivity contribution in [3.05, 3.63) is 164 Å². The van der Waals surface area contributed by atoms with Gasteiger partial charge in [0.2, 0.25) is 0 Å². The molecule has 0 bridgehead atoms. The van der Waals surface area contributed by atoms with Gasteiger partial charge in [-0.1, -0.05) is 121 Å². The fourth-order valence-electron chi connectivity index (χ4n) is 6.31. The van der Waals surface area contributed by atoms with Gasteiger partial charge in [0.05, 0.1) is 0 Å². The van der Waals surface area contributed by atoms with Crippen molar-refractivity contribution in [3.8, 4) is 56.4 Å². The lowest BCUT2D eigenvalue weighted by molar-refractivity contribution is 0.669. The summed E-state index contributed by atoms with van der Waals surface area (Å²) >= 11 is 0. The lowest BCUT2D eigenvalue weighted by atomic mass is 9.96. The van der Waals surface area contributed by atoms with Gasteiger partial charge in [0.25, 0.3) is 0 Å². The summed E-state index contributed by atoms with van der Waals surface area (Å²) in [5.41, 5.74) is 8.83. The van der Waals surface area contributed by atoms with Crippen molar-refractivity contribution < 1.29 is 4.42 Å². The predicted octanol–water partition coefficient (Wildman–Crippen LogP) is 11.3. The molecule has 0 aliphatic heterocycles. The number of benzene rings is 7. The maximum absolute atomic E-state index is 6.25. The Morgan fingerprint density at radius 3 is 1.51 bits per heavy atom. The van der Waals surface area contributed by atoms with E-state index in [1.54, 1.807) is 0 Å². The van der Waals surface area contributed by atoms with Gasteiger partial charge in [0, 0.05) is 27.5 Å². The first-order chi connectivity index (χ1) is 23.2. The Kier molecular flexibility index (Phi) is 6.43. The standard InChI is InChI=1S/C43H27N3O/c1-3-11-28(12-4-1)34-24-35(29-13-5-2-6-14-29)26-36(25-34)43-45-41(32-20-19-30-15-7-8-16-31(30)23-32)44-42(46-43)33-21-22-38-37-17-9-10-18-39(37)47-40(38)27-33/h1-27H. The number of nitrogens with zero attached hydrogens (tertiary/aromatic N) is 3. The van der Waals surface area contributed by atoms with Crippen LogP contribution >= 0.6 is 0 Å². The van der Waals surface area contributed by atoms with E-state index in [0.717, 1.165) is 66.3 Å². The van der Waals surface area contributed by atoms with Crippen LogP contribution in [0.25, 0.3) is 89.1 Å². The SMILES string of the molecule is c1ccc(-c2cc(-c3ccccc3)cc(-c3nc(-c4ccc5ccccc5c4)nc(-c4ccc5c(c4)oc4ccccc45)n3)c2)cc1. The fourth-order valence-corrected chi connectivity index (χ4v) is 6.31. The Morgan fingerprint density at radius 2 is 0.809 bits per heavy atom. The Bertz CT molecular complexity index is 2510. The molecule has 2 heterocycles. The highest BCUT2D eigenvalue weighted by atomic mass is 16.3. The second kappa shape index (κ2) is 11.2. The van der Waals surface area contributed by atoms with Gasteiger partial charge in [-0.3, -0.25) is 0 Å². The number of aromatic nitrogens is 3. The van der Waals surface area contributed by atoms with E-state index in [1.807, 2.05) is 36.4 Å². The van der Waals surface area contributed by atoms with Gasteiger partial charge in [0.15, 0.2) is 17.5 Å². The number of fused-ring (bicyclic) bond motifs is 4. The summed E-state index contributed by atoms with van der Waals surface area (Å²) < 4.78 is 6.25. The van der Waals surface area contributed by atoms with Crippen molar-refractivity contribution >= 4 is 32.7 Å². The molecule has 0 fully saturated rings. The van der Waals surface area contributed by atoms with Gasteiger partial charge >= 0.3 is 0 Å². The van der Waals surface area contributed by atoms with Crippen LogP contribution in [0.15, 0.2) is 168 Å². The van der Waals surface area contributed by atoms with E-state index in [-0.39, 0.29) is 0 Å². The minimum absolute atomic E-state index is 0.590. The molecule has 47 heavy (non-hydrogen) atoms. The first kappa shape index (κ1) is 27.0. The average Bonchev–Trinajstić information content (AvgIpc) is 3.53. The molecular weight excluding hydrogens is 574 g/mol. The summed E-state index contributed by atoms with van der Waals surface area (Å²) in [6.07, 6.45) is 0. The maximum Gasteiger partial charge on any atom is 0.164 e. The van der Waals surface area contributed by atoms with Crippen molar-refractivity contribution in [3.63, 3.8) is 0 Å². The number of hydrogen-bond donors (Lipinski definition) is 0. The summed E-state index contributed by atoms with van der Waals surface area (Å²) in [6, 6.07) is 56.5. The largest absolute Gasteiger partial charge is 0.456 e. The summed E-state index contributed by atoms with van der Waals surface area (Å²) in [5.74, 6) is 1.82. The highest BCUT2D eigenvalue weighted by Crippen LogP contribution is 2.35. The molecule has 0 spiro atoms. The molecule has 0 radical (unpaired) electrons. The summed E-state index contributed by atoms with van der Waals surface area (Å²) in [7, 11) is 0. The van der Waals surface area contributed by atoms with Crippen LogP contribution in [-0.4, -0.2) is 15.0 Å². The third kappa shape index (κ3) is 5.02. The van der Waals surface area contributed by atoms with Crippen LogP contribution in [-0.2, 0) is 0 Å². The monoisotopic (exact) mass is 601 g/mol. The zero-order chi connectivity index (χ0) is 31.2. The lowest BCUT2D eigenvalue weighted by Gasteiger charge is -2.12. The topological polar surface area (TPSA) is 51.8 Å². The van der Waals surface area contributed by atoms with E-state index in [0.29, 0.717) is 17.5 Å². The van der Waals surface area contributed by atoms with Crippen LogP contribution < -0.4 is 0 Å². The Hall–Kier alpha value is -6.39. The minimum Gasteiger partial charge on any atom is -0.456 e. The third-order valence-corrected chi connectivity index (χ3v) is 8.69. The highest BCUT2D eigenvalue weighted by molar-refractivity contribution is 6.05. The van der Waals surface area contributed by atoms with E-state index in [4.69, 9.17) is 19.4 Å². The van der Waals surface area contributed by atoms with E-state index >= 15 is 0 Å². The van der Waals surface area contributed by atoms with E-state index in [2.05, 4.69) is 127 Å². The molecule has 0 amide bonds. The molecule has 0 saturated heterocycles. The number of furan rings is 1. The van der Waals surface area contributed by atoms with Crippen molar-refractivity contribution in [2.24, 2.45) is 0 Å². The fraction of sp³-hybridized carbons (Fsp3) is 0. The van der Waals surface area contributed by atoms with Crippen LogP contribution in [0.1, 0.15) is 0 Å². The molecule has 220 valence electrons. The van der Waals surface area contributed by atoms with Gasteiger partial charge in [-0.05, 0) is 75.5 Å². The second-order valence-electron chi connectivity index (χ2n) is 11.7. The smallest absolute Gasteiger partial charge is 0.164 e. The quantitative estimate of drug-likeness (QED) is 0.197. The van der Waals surface area contributed by atoms with Gasteiger partial charge in [0.1, 0.15) is 11.2 Å². The van der Waals surface area contributed by atoms with Crippen LogP contribution in [0, 0.1) is 0 Å². The molecule has 9 aromatic rings. The second-order valence-corrected chi connectivity index (χ2v) is 11.7. The van der Waals surface area contributed by atoms with Crippen molar-refractivity contribution in [2.75, 3.05) is 0 Å². The molecule has 2 aromatic heterocycles. The van der Waals surface area contributed by atoms with Gasteiger partial charge in [-0.2, -0.15) is 0 Å². The van der Waals surface area contributed by atoms with Crippen LogP contribution in [0.3, 0.4) is 0 Å². The van der Waals surface area contributed by atoms with Crippen LogP contribution in [0.4, 0.5) is 0 Å². The molecule has 0 atom stereocenters. The van der Waals surface area contributed by atoms with Crippen molar-refractivity contribution in [2.45, 2.75) is 0 Å². The normalized spacial score (nSPS) is 11.4. The average molecular weight is 602 g/mol. The molecule has 9 rings (SSSR count). The molecule has 0 aliphatic rings. The van der Waals surface area contributed by atoms with Gasteiger partial charge in [-0.15, -0.1) is 0 Å². The Labute approximate surface area is 271 Å². The van der Waals surface area contributed by atoms with E-state index in [9.17, 15) is 0 Å². The summed E-state index contributed by atoms with van der Waals surface area (Å²) in [5, 5.41) is 4.46. The van der Waals surface area contributed by atoms with Gasteiger partial charge < -0.3 is 4.42 Å². The third-order valence-electron chi connectivity index (χ3n) is 8.69. The molecule has 4 nitrogen and oxygen atoms in total. The van der Waals surface area contributed by atoms with Crippen LogP contribution in [0.2, 0.25) is 0 Å². The van der Waals surface area contributed by atoms with Crippen molar-refractivity contribution in [1.82, 2.24) is 15.0 Å². The summed E-state index contributed by atoms with van der Waals surface area (Å²) in [4.78, 5) is 15.3. The number of hydrogen-bond acceptors (Lipinski definition) is 4. The minimum atomic E-state index is 0.590. The van der Waals surface area contributed by atoms with Crippen LogP contribution in [0.5, 0.6) is 0 Å². The molecule has 4 heteroatoms. The molecule has 0 saturated carbocycles. The molecule has 0 N–H and O–H groups in total. The molecule has 0 unspecified atom stereocenters. The van der Waals surface area contributed by atoms with E-state index in [1.165, 1.54) is 5.39 Å².